The fourth-order valence-electron chi connectivity index (χ4n) is 2.40. The fourth-order valence-corrected chi connectivity index (χ4v) is 2.40. The molecule has 0 radical (unpaired) electrons. The zero-order valence-electron chi connectivity index (χ0n) is 14.6. The molecule has 1 aromatic rings. The minimum absolute atomic E-state index is 0.0523. The zero-order valence-corrected chi connectivity index (χ0v) is 14.6. The molecule has 1 aromatic carbocycles. The van der Waals surface area contributed by atoms with Gasteiger partial charge in [-0.05, 0) is 24.3 Å². The van der Waals surface area contributed by atoms with E-state index < -0.39 is 0 Å². The third-order valence-corrected chi connectivity index (χ3v) is 3.78. The van der Waals surface area contributed by atoms with E-state index in [0.717, 1.165) is 12.0 Å². The van der Waals surface area contributed by atoms with E-state index in [1.165, 1.54) is 0 Å². The first-order valence-electron chi connectivity index (χ1n) is 8.41. The lowest BCUT2D eigenvalue weighted by atomic mass is 10.1. The second-order valence-electron chi connectivity index (χ2n) is 5.98. The molecule has 0 fully saturated rings. The summed E-state index contributed by atoms with van der Waals surface area (Å²) < 4.78 is 10.8. The molecular weight excluding hydrogens is 292 g/mol. The van der Waals surface area contributed by atoms with Crippen LogP contribution < -0.4 is 0 Å². The molecule has 0 aliphatic heterocycles. The number of ether oxygens (including phenoxy) is 2. The minimum Gasteiger partial charge on any atom is -0.462 e. The SMILES string of the molecule is CCC(OC(=O)CCC(=O)OC(CC)C(C)C)c1ccccc1. The third-order valence-electron chi connectivity index (χ3n) is 3.78. The summed E-state index contributed by atoms with van der Waals surface area (Å²) in [6.45, 7) is 7.98. The molecule has 23 heavy (non-hydrogen) atoms. The first kappa shape index (κ1) is 19.2. The molecule has 128 valence electrons. The molecule has 4 heteroatoms. The Labute approximate surface area is 139 Å². The Hall–Kier alpha value is -1.84. The number of hydrogen-bond donors (Lipinski definition) is 0. The number of esters is 2. The van der Waals surface area contributed by atoms with Gasteiger partial charge in [0.1, 0.15) is 12.2 Å². The second-order valence-corrected chi connectivity index (χ2v) is 5.98. The Kier molecular flexibility index (Phi) is 8.38. The maximum atomic E-state index is 11.9. The van der Waals surface area contributed by atoms with E-state index >= 15 is 0 Å². The molecule has 0 aromatic heterocycles. The first-order valence-corrected chi connectivity index (χ1v) is 8.41. The number of benzene rings is 1. The van der Waals surface area contributed by atoms with E-state index in [4.69, 9.17) is 9.47 Å². The van der Waals surface area contributed by atoms with Gasteiger partial charge in [0.05, 0.1) is 12.8 Å². The van der Waals surface area contributed by atoms with Gasteiger partial charge >= 0.3 is 11.9 Å². The molecule has 0 amide bonds. The summed E-state index contributed by atoms with van der Waals surface area (Å²) in [7, 11) is 0. The van der Waals surface area contributed by atoms with Crippen LogP contribution in [0.3, 0.4) is 0 Å². The summed E-state index contributed by atoms with van der Waals surface area (Å²) in [6.07, 6.45) is 1.24. The van der Waals surface area contributed by atoms with E-state index in [9.17, 15) is 9.59 Å². The molecule has 1 rings (SSSR count). The van der Waals surface area contributed by atoms with Crippen LogP contribution in [0.2, 0.25) is 0 Å². The summed E-state index contributed by atoms with van der Waals surface area (Å²) in [5, 5.41) is 0. The maximum absolute atomic E-state index is 11.9. The first-order chi connectivity index (χ1) is 11.0. The van der Waals surface area contributed by atoms with Crippen molar-refractivity contribution < 1.29 is 19.1 Å². The monoisotopic (exact) mass is 320 g/mol. The number of rotatable bonds is 9. The Morgan fingerprint density at radius 2 is 1.48 bits per heavy atom. The Balaban J connectivity index is 2.42. The normalized spacial score (nSPS) is 13.4. The average molecular weight is 320 g/mol. The summed E-state index contributed by atoms with van der Waals surface area (Å²) in [4.78, 5) is 23.8. The van der Waals surface area contributed by atoms with Crippen molar-refractivity contribution in [2.75, 3.05) is 0 Å². The minimum atomic E-state index is -0.366. The van der Waals surface area contributed by atoms with Gasteiger partial charge in [0, 0.05) is 0 Å². The van der Waals surface area contributed by atoms with Gasteiger partial charge in [0.25, 0.3) is 0 Å². The largest absolute Gasteiger partial charge is 0.462 e. The Morgan fingerprint density at radius 1 is 0.913 bits per heavy atom. The van der Waals surface area contributed by atoms with Crippen molar-refractivity contribution >= 4 is 11.9 Å². The molecule has 0 bridgehead atoms. The summed E-state index contributed by atoms with van der Waals surface area (Å²) in [6, 6.07) is 9.63. The van der Waals surface area contributed by atoms with Gasteiger partial charge in [-0.1, -0.05) is 58.0 Å². The molecule has 0 aliphatic carbocycles. The van der Waals surface area contributed by atoms with Crippen LogP contribution in [0.4, 0.5) is 0 Å². The van der Waals surface area contributed by atoms with E-state index in [0.29, 0.717) is 6.42 Å². The van der Waals surface area contributed by atoms with Crippen LogP contribution in [-0.2, 0) is 19.1 Å². The van der Waals surface area contributed by atoms with Crippen molar-refractivity contribution in [3.8, 4) is 0 Å². The van der Waals surface area contributed by atoms with Crippen molar-refractivity contribution in [1.82, 2.24) is 0 Å². The molecule has 0 heterocycles. The standard InChI is InChI=1S/C19H28O4/c1-5-16(14(3)4)22-18(20)12-13-19(21)23-17(6-2)15-10-8-7-9-11-15/h7-11,14,16-17H,5-6,12-13H2,1-4H3. The van der Waals surface area contributed by atoms with Crippen molar-refractivity contribution in [2.24, 2.45) is 5.92 Å². The highest BCUT2D eigenvalue weighted by Crippen LogP contribution is 2.21. The lowest BCUT2D eigenvalue weighted by molar-refractivity contribution is -0.157. The average Bonchev–Trinajstić information content (AvgIpc) is 2.56. The molecule has 0 saturated heterocycles. The van der Waals surface area contributed by atoms with Crippen LogP contribution in [0.5, 0.6) is 0 Å². The van der Waals surface area contributed by atoms with Crippen LogP contribution in [0.1, 0.15) is 65.0 Å². The van der Waals surface area contributed by atoms with Crippen molar-refractivity contribution in [3.63, 3.8) is 0 Å². The molecular formula is C19H28O4. The highest BCUT2D eigenvalue weighted by Gasteiger charge is 2.19. The molecule has 2 unspecified atom stereocenters. The van der Waals surface area contributed by atoms with E-state index in [1.807, 2.05) is 58.0 Å². The number of hydrogen-bond acceptors (Lipinski definition) is 4. The van der Waals surface area contributed by atoms with Gasteiger partial charge in [-0.15, -0.1) is 0 Å². The summed E-state index contributed by atoms with van der Waals surface area (Å²) in [5.74, 6) is -0.427. The predicted molar refractivity (Wildman–Crippen MR) is 89.8 cm³/mol. The lowest BCUT2D eigenvalue weighted by Gasteiger charge is -2.20. The van der Waals surface area contributed by atoms with Gasteiger partial charge in [-0.25, -0.2) is 0 Å². The highest BCUT2D eigenvalue weighted by atomic mass is 16.6. The second kappa shape index (κ2) is 10.0. The van der Waals surface area contributed by atoms with Gasteiger partial charge in [0.15, 0.2) is 0 Å². The molecule has 0 N–H and O–H groups in total. The van der Waals surface area contributed by atoms with Crippen LogP contribution in [-0.4, -0.2) is 18.0 Å². The molecule has 2 atom stereocenters. The van der Waals surface area contributed by atoms with Crippen LogP contribution in [0.25, 0.3) is 0 Å². The highest BCUT2D eigenvalue weighted by molar-refractivity contribution is 5.77. The van der Waals surface area contributed by atoms with E-state index in [2.05, 4.69) is 0 Å². The summed E-state index contributed by atoms with van der Waals surface area (Å²) in [5.41, 5.74) is 0.969. The molecule has 0 aliphatic rings. The maximum Gasteiger partial charge on any atom is 0.306 e. The smallest absolute Gasteiger partial charge is 0.306 e. The molecule has 0 spiro atoms. The zero-order chi connectivity index (χ0) is 17.2. The van der Waals surface area contributed by atoms with Gasteiger partial charge in [0.2, 0.25) is 0 Å². The van der Waals surface area contributed by atoms with Gasteiger partial charge in [-0.2, -0.15) is 0 Å². The van der Waals surface area contributed by atoms with Gasteiger partial charge in [-0.3, -0.25) is 9.59 Å². The van der Waals surface area contributed by atoms with E-state index in [-0.39, 0.29) is 42.9 Å². The Morgan fingerprint density at radius 3 is 1.96 bits per heavy atom. The fraction of sp³-hybridized carbons (Fsp3) is 0.579. The third kappa shape index (κ3) is 6.85. The lowest BCUT2D eigenvalue weighted by Crippen LogP contribution is -2.23. The van der Waals surface area contributed by atoms with Crippen LogP contribution in [0, 0.1) is 5.92 Å². The molecule has 0 saturated carbocycles. The van der Waals surface area contributed by atoms with Gasteiger partial charge < -0.3 is 9.47 Å². The summed E-state index contributed by atoms with van der Waals surface area (Å²) >= 11 is 0. The Bertz CT molecular complexity index is 481. The van der Waals surface area contributed by atoms with Crippen molar-refractivity contribution in [1.29, 1.82) is 0 Å². The van der Waals surface area contributed by atoms with Crippen molar-refractivity contribution in [2.45, 2.75) is 65.6 Å². The topological polar surface area (TPSA) is 52.6 Å². The van der Waals surface area contributed by atoms with E-state index in [1.54, 1.807) is 0 Å². The van der Waals surface area contributed by atoms with Crippen LogP contribution in [0.15, 0.2) is 30.3 Å². The van der Waals surface area contributed by atoms with Crippen molar-refractivity contribution in [3.05, 3.63) is 35.9 Å². The predicted octanol–water partition coefficient (Wildman–Crippen LogP) is 4.44. The molecule has 4 nitrogen and oxygen atoms in total. The van der Waals surface area contributed by atoms with Crippen LogP contribution >= 0.6 is 0 Å². The number of carbonyl (C=O) groups excluding carboxylic acids is 2. The number of carbonyl (C=O) groups is 2. The quantitative estimate of drug-likeness (QED) is 0.631.